The predicted octanol–water partition coefficient (Wildman–Crippen LogP) is -1.69. The minimum absolute atomic E-state index is 0.102. The average molecular weight is 309 g/mol. The van der Waals surface area contributed by atoms with E-state index in [4.69, 9.17) is 11.1 Å². The highest BCUT2D eigenvalue weighted by atomic mass is 32.2. The highest BCUT2D eigenvalue weighted by Gasteiger charge is 2.23. The SMILES string of the molecule is CS(=O)(=O)NC(=N)NCC[C@H](N)C(=O)N1CCSC1. The number of guanidine groups is 1. The number of nitrogens with one attached hydrogen (secondary N) is 3. The monoisotopic (exact) mass is 309 g/mol. The molecule has 0 aromatic rings. The van der Waals surface area contributed by atoms with Crippen molar-refractivity contribution in [1.82, 2.24) is 14.9 Å². The Balaban J connectivity index is 2.24. The summed E-state index contributed by atoms with van der Waals surface area (Å²) in [5, 5.41) is 9.87. The lowest BCUT2D eigenvalue weighted by molar-refractivity contribution is -0.131. The Bertz CT molecular complexity index is 433. The quantitative estimate of drug-likeness (QED) is 0.354. The van der Waals surface area contributed by atoms with E-state index >= 15 is 0 Å². The van der Waals surface area contributed by atoms with Crippen LogP contribution in [0.5, 0.6) is 0 Å². The molecule has 1 heterocycles. The molecule has 0 unspecified atom stereocenters. The molecule has 1 aliphatic heterocycles. The number of rotatable bonds is 5. The molecular weight excluding hydrogens is 290 g/mol. The van der Waals surface area contributed by atoms with Crippen LogP contribution in [0.15, 0.2) is 0 Å². The van der Waals surface area contributed by atoms with Crippen molar-refractivity contribution in [3.8, 4) is 0 Å². The van der Waals surface area contributed by atoms with Crippen molar-refractivity contribution in [3.63, 3.8) is 0 Å². The zero-order chi connectivity index (χ0) is 14.5. The number of nitrogens with two attached hydrogens (primary N) is 1. The second-order valence-corrected chi connectivity index (χ2v) is 7.03. The summed E-state index contributed by atoms with van der Waals surface area (Å²) < 4.78 is 23.7. The van der Waals surface area contributed by atoms with Crippen molar-refractivity contribution in [2.75, 3.05) is 31.0 Å². The maximum atomic E-state index is 11.8. The molecule has 0 radical (unpaired) electrons. The highest BCUT2D eigenvalue weighted by Crippen LogP contribution is 2.14. The lowest BCUT2D eigenvalue weighted by Crippen LogP contribution is -2.45. The van der Waals surface area contributed by atoms with Crippen LogP contribution in [0.25, 0.3) is 0 Å². The van der Waals surface area contributed by atoms with Crippen molar-refractivity contribution in [2.45, 2.75) is 12.5 Å². The topological polar surface area (TPSA) is 128 Å². The van der Waals surface area contributed by atoms with E-state index in [0.717, 1.165) is 18.6 Å². The first kappa shape index (κ1) is 16.1. The van der Waals surface area contributed by atoms with E-state index in [-0.39, 0.29) is 18.4 Å². The van der Waals surface area contributed by atoms with Gasteiger partial charge < -0.3 is 16.0 Å². The van der Waals surface area contributed by atoms with Gasteiger partial charge in [0, 0.05) is 18.8 Å². The molecule has 1 rings (SSSR count). The Kier molecular flexibility index (Phi) is 5.88. The van der Waals surface area contributed by atoms with Gasteiger partial charge in [-0.15, -0.1) is 11.8 Å². The minimum Gasteiger partial charge on any atom is -0.356 e. The summed E-state index contributed by atoms with van der Waals surface area (Å²) >= 11 is 1.69. The summed E-state index contributed by atoms with van der Waals surface area (Å²) in [6.07, 6.45) is 1.30. The number of hydrogen-bond acceptors (Lipinski definition) is 6. The average Bonchev–Trinajstić information content (AvgIpc) is 2.78. The van der Waals surface area contributed by atoms with E-state index in [1.807, 2.05) is 4.72 Å². The number of thioether (sulfide) groups is 1. The van der Waals surface area contributed by atoms with Gasteiger partial charge in [0.25, 0.3) is 0 Å². The molecule has 0 aromatic heterocycles. The number of nitrogens with zero attached hydrogens (tertiary/aromatic N) is 1. The first-order valence-corrected chi connectivity index (χ1v) is 8.76. The van der Waals surface area contributed by atoms with Crippen LogP contribution in [-0.4, -0.2) is 62.2 Å². The molecule has 1 aliphatic rings. The lowest BCUT2D eigenvalue weighted by Gasteiger charge is -2.19. The van der Waals surface area contributed by atoms with Crippen LogP contribution in [0, 0.1) is 5.41 Å². The van der Waals surface area contributed by atoms with Crippen molar-refractivity contribution in [2.24, 2.45) is 5.73 Å². The molecule has 5 N–H and O–H groups in total. The molecule has 10 heteroatoms. The first-order valence-electron chi connectivity index (χ1n) is 5.72. The van der Waals surface area contributed by atoms with E-state index in [9.17, 15) is 13.2 Å². The zero-order valence-corrected chi connectivity index (χ0v) is 12.3. The lowest BCUT2D eigenvalue weighted by atomic mass is 10.2. The fraction of sp³-hybridized carbons (Fsp3) is 0.778. The molecule has 1 fully saturated rings. The number of carbonyl (C=O) groups is 1. The number of sulfonamides is 1. The van der Waals surface area contributed by atoms with Gasteiger partial charge in [0.2, 0.25) is 21.9 Å². The van der Waals surface area contributed by atoms with Crippen molar-refractivity contribution >= 4 is 33.7 Å². The molecule has 0 aliphatic carbocycles. The Morgan fingerprint density at radius 2 is 2.26 bits per heavy atom. The van der Waals surface area contributed by atoms with Gasteiger partial charge in [-0.05, 0) is 6.42 Å². The number of carbonyl (C=O) groups excluding carboxylic acids is 1. The molecule has 0 saturated carbocycles. The molecule has 1 atom stereocenters. The molecule has 1 amide bonds. The molecule has 110 valence electrons. The van der Waals surface area contributed by atoms with Gasteiger partial charge in [0.05, 0.1) is 18.2 Å². The first-order chi connectivity index (χ1) is 8.79. The summed E-state index contributed by atoms with van der Waals surface area (Å²) in [7, 11) is -3.45. The number of amides is 1. The third kappa shape index (κ3) is 6.12. The zero-order valence-electron chi connectivity index (χ0n) is 10.7. The van der Waals surface area contributed by atoms with E-state index < -0.39 is 16.1 Å². The van der Waals surface area contributed by atoms with Gasteiger partial charge in [-0.1, -0.05) is 0 Å². The maximum absolute atomic E-state index is 11.8. The normalized spacial score (nSPS) is 17.1. The van der Waals surface area contributed by atoms with E-state index in [1.165, 1.54) is 0 Å². The van der Waals surface area contributed by atoms with Crippen LogP contribution >= 0.6 is 11.8 Å². The fourth-order valence-corrected chi connectivity index (χ4v) is 2.92. The Morgan fingerprint density at radius 3 is 2.79 bits per heavy atom. The second-order valence-electron chi connectivity index (χ2n) is 4.21. The van der Waals surface area contributed by atoms with Gasteiger partial charge in [0.15, 0.2) is 0 Å². The second kappa shape index (κ2) is 6.96. The van der Waals surface area contributed by atoms with Gasteiger partial charge in [-0.25, -0.2) is 8.42 Å². The third-order valence-electron chi connectivity index (χ3n) is 2.43. The molecular formula is C9H19N5O3S2. The molecule has 0 bridgehead atoms. The van der Waals surface area contributed by atoms with E-state index in [1.54, 1.807) is 16.7 Å². The smallest absolute Gasteiger partial charge is 0.240 e. The van der Waals surface area contributed by atoms with Crippen LogP contribution in [0.1, 0.15) is 6.42 Å². The van der Waals surface area contributed by atoms with E-state index in [2.05, 4.69) is 5.32 Å². The van der Waals surface area contributed by atoms with E-state index in [0.29, 0.717) is 12.3 Å². The summed E-state index contributed by atoms with van der Waals surface area (Å²) in [5.74, 6) is 1.18. The van der Waals surface area contributed by atoms with Gasteiger partial charge in [0.1, 0.15) is 0 Å². The largest absolute Gasteiger partial charge is 0.356 e. The summed E-state index contributed by atoms with van der Waals surface area (Å²) in [4.78, 5) is 13.5. The van der Waals surface area contributed by atoms with Crippen LogP contribution < -0.4 is 15.8 Å². The highest BCUT2D eigenvalue weighted by molar-refractivity contribution is 7.99. The Labute approximate surface area is 117 Å². The molecule has 1 saturated heterocycles. The van der Waals surface area contributed by atoms with Crippen molar-refractivity contribution in [1.29, 1.82) is 5.41 Å². The van der Waals surface area contributed by atoms with Gasteiger partial charge in [-0.2, -0.15) is 0 Å². The van der Waals surface area contributed by atoms with Crippen LogP contribution in [0.2, 0.25) is 0 Å². The summed E-state index contributed by atoms with van der Waals surface area (Å²) in [6, 6.07) is -0.628. The van der Waals surface area contributed by atoms with Crippen molar-refractivity contribution in [3.05, 3.63) is 0 Å². The Hall–Kier alpha value is -1.00. The summed E-state index contributed by atoms with van der Waals surface area (Å²) in [5.41, 5.74) is 5.76. The molecule has 8 nitrogen and oxygen atoms in total. The third-order valence-corrected chi connectivity index (χ3v) is 3.97. The van der Waals surface area contributed by atoms with Crippen LogP contribution in [0.3, 0.4) is 0 Å². The maximum Gasteiger partial charge on any atom is 0.240 e. The van der Waals surface area contributed by atoms with Gasteiger partial charge in [-0.3, -0.25) is 14.9 Å². The molecule has 19 heavy (non-hydrogen) atoms. The van der Waals surface area contributed by atoms with Gasteiger partial charge >= 0.3 is 0 Å². The fourth-order valence-electron chi connectivity index (χ4n) is 1.52. The predicted molar refractivity (Wildman–Crippen MR) is 75.3 cm³/mol. The molecule has 0 aromatic carbocycles. The summed E-state index contributed by atoms with van der Waals surface area (Å²) in [6.45, 7) is 0.978. The van der Waals surface area contributed by atoms with Crippen LogP contribution in [-0.2, 0) is 14.8 Å². The number of hydrogen-bond donors (Lipinski definition) is 4. The standard InChI is InChI=1S/C9H19N5O3S2/c1-19(16,17)13-9(11)12-3-2-7(10)8(15)14-4-5-18-6-14/h7H,2-6,10H2,1H3,(H3,11,12,13)/t7-/m0/s1. The van der Waals surface area contributed by atoms with Crippen molar-refractivity contribution < 1.29 is 13.2 Å². The molecule has 0 spiro atoms. The minimum atomic E-state index is -3.45. The Morgan fingerprint density at radius 1 is 1.58 bits per heavy atom. The van der Waals surface area contributed by atoms with Crippen LogP contribution in [0.4, 0.5) is 0 Å².